The van der Waals surface area contributed by atoms with Gasteiger partial charge in [0, 0.05) is 21.9 Å². The topological polar surface area (TPSA) is 50.4 Å². The van der Waals surface area contributed by atoms with Crippen LogP contribution >= 0.6 is 27.5 Å². The van der Waals surface area contributed by atoms with Crippen LogP contribution in [-0.4, -0.2) is 13.1 Å². The Morgan fingerprint density at radius 1 is 1.15 bits per heavy atom. The number of ether oxygens (including phenoxy) is 1. The summed E-state index contributed by atoms with van der Waals surface area (Å²) in [6, 6.07) is 11.9. The lowest BCUT2D eigenvalue weighted by molar-refractivity contribution is 0.262. The third-order valence-electron chi connectivity index (χ3n) is 2.51. The number of amides is 2. The van der Waals surface area contributed by atoms with Gasteiger partial charge in [-0.05, 0) is 46.3 Å². The lowest BCUT2D eigenvalue weighted by Crippen LogP contribution is -2.19. The van der Waals surface area contributed by atoms with Crippen molar-refractivity contribution in [3.05, 3.63) is 52.0 Å². The number of halogens is 2. The molecule has 0 bridgehead atoms. The molecule has 0 saturated heterocycles. The first-order chi connectivity index (χ1) is 9.58. The van der Waals surface area contributed by atoms with Crippen molar-refractivity contribution in [2.24, 2.45) is 0 Å². The van der Waals surface area contributed by atoms with Crippen LogP contribution in [0.5, 0.6) is 5.75 Å². The van der Waals surface area contributed by atoms with Gasteiger partial charge in [0.1, 0.15) is 5.75 Å². The van der Waals surface area contributed by atoms with Gasteiger partial charge in [0.25, 0.3) is 0 Å². The lowest BCUT2D eigenvalue weighted by atomic mass is 10.3. The molecule has 0 atom stereocenters. The molecule has 0 unspecified atom stereocenters. The maximum atomic E-state index is 11.9. The van der Waals surface area contributed by atoms with E-state index in [0.717, 1.165) is 4.47 Å². The molecule has 2 aromatic rings. The molecule has 2 N–H and O–H groups in total. The summed E-state index contributed by atoms with van der Waals surface area (Å²) < 4.78 is 5.81. The van der Waals surface area contributed by atoms with Crippen molar-refractivity contribution in [2.45, 2.75) is 0 Å². The second kappa shape index (κ2) is 6.63. The highest BCUT2D eigenvalue weighted by Gasteiger charge is 2.05. The van der Waals surface area contributed by atoms with Gasteiger partial charge < -0.3 is 15.4 Å². The van der Waals surface area contributed by atoms with E-state index < -0.39 is 0 Å². The molecule has 0 radical (unpaired) electrons. The Bertz CT molecular complexity index is 634. The first kappa shape index (κ1) is 14.7. The van der Waals surface area contributed by atoms with Crippen LogP contribution in [0.3, 0.4) is 0 Å². The molecule has 0 fully saturated rings. The highest BCUT2D eigenvalue weighted by atomic mass is 79.9. The quantitative estimate of drug-likeness (QED) is 0.834. The van der Waals surface area contributed by atoms with E-state index >= 15 is 0 Å². The molecule has 0 aromatic heterocycles. The minimum Gasteiger partial charge on any atom is -0.497 e. The van der Waals surface area contributed by atoms with Crippen LogP contribution in [0.15, 0.2) is 46.9 Å². The Morgan fingerprint density at radius 2 is 1.85 bits per heavy atom. The van der Waals surface area contributed by atoms with Crippen LogP contribution in [-0.2, 0) is 0 Å². The molecule has 20 heavy (non-hydrogen) atoms. The fourth-order valence-electron chi connectivity index (χ4n) is 1.57. The zero-order valence-electron chi connectivity index (χ0n) is 10.6. The van der Waals surface area contributed by atoms with E-state index in [2.05, 4.69) is 26.6 Å². The molecule has 4 nitrogen and oxygen atoms in total. The Kier molecular flexibility index (Phi) is 4.87. The van der Waals surface area contributed by atoms with E-state index in [1.54, 1.807) is 49.6 Å². The van der Waals surface area contributed by atoms with E-state index in [9.17, 15) is 4.79 Å². The lowest BCUT2D eigenvalue weighted by Gasteiger charge is -2.09. The van der Waals surface area contributed by atoms with Crippen LogP contribution in [0.25, 0.3) is 0 Å². The summed E-state index contributed by atoms with van der Waals surface area (Å²) in [5.74, 6) is 0.678. The molecule has 0 saturated carbocycles. The van der Waals surface area contributed by atoms with Gasteiger partial charge in [0.05, 0.1) is 12.1 Å². The molecule has 0 spiro atoms. The van der Waals surface area contributed by atoms with Crippen molar-refractivity contribution in [1.29, 1.82) is 0 Å². The van der Waals surface area contributed by atoms with E-state index in [-0.39, 0.29) is 6.03 Å². The highest BCUT2D eigenvalue weighted by molar-refractivity contribution is 9.10. The third kappa shape index (κ3) is 3.88. The largest absolute Gasteiger partial charge is 0.497 e. The van der Waals surface area contributed by atoms with Gasteiger partial charge in [-0.3, -0.25) is 0 Å². The molecule has 0 aliphatic carbocycles. The maximum absolute atomic E-state index is 11.9. The fourth-order valence-corrected chi connectivity index (χ4v) is 2.06. The van der Waals surface area contributed by atoms with Crippen LogP contribution in [0, 0.1) is 0 Å². The van der Waals surface area contributed by atoms with Gasteiger partial charge in [0.2, 0.25) is 0 Å². The summed E-state index contributed by atoms with van der Waals surface area (Å²) in [6.45, 7) is 0. The average molecular weight is 356 g/mol. The number of nitrogens with one attached hydrogen (secondary N) is 2. The molecule has 2 amide bonds. The second-order valence-electron chi connectivity index (χ2n) is 3.94. The number of methoxy groups -OCH3 is 1. The number of carbonyl (C=O) groups is 1. The van der Waals surface area contributed by atoms with Gasteiger partial charge >= 0.3 is 6.03 Å². The van der Waals surface area contributed by atoms with E-state index in [4.69, 9.17) is 16.3 Å². The zero-order valence-corrected chi connectivity index (χ0v) is 13.0. The second-order valence-corrected chi connectivity index (χ2v) is 5.20. The van der Waals surface area contributed by atoms with Crippen LogP contribution in [0.2, 0.25) is 5.02 Å². The molecule has 6 heteroatoms. The summed E-state index contributed by atoms with van der Waals surface area (Å²) >= 11 is 9.19. The normalized spacial score (nSPS) is 9.95. The molecule has 0 aliphatic rings. The number of hydrogen-bond acceptors (Lipinski definition) is 2. The van der Waals surface area contributed by atoms with Crippen molar-refractivity contribution < 1.29 is 9.53 Å². The first-order valence-corrected chi connectivity index (χ1v) is 6.92. The Balaban J connectivity index is 2.03. The molecular weight excluding hydrogens is 344 g/mol. The SMILES string of the molecule is COc1cccc(NC(=O)Nc2ccc(Cl)c(Br)c2)c1. The highest BCUT2D eigenvalue weighted by Crippen LogP contribution is 2.25. The Hall–Kier alpha value is -1.72. The monoisotopic (exact) mass is 354 g/mol. The minimum atomic E-state index is -0.340. The first-order valence-electron chi connectivity index (χ1n) is 5.75. The Labute approximate surface area is 130 Å². The van der Waals surface area contributed by atoms with Crippen molar-refractivity contribution >= 4 is 44.9 Å². The summed E-state index contributed by atoms with van der Waals surface area (Å²) in [5, 5.41) is 6.02. The molecule has 2 aromatic carbocycles. The molecule has 0 aliphatic heterocycles. The summed E-state index contributed by atoms with van der Waals surface area (Å²) in [5.41, 5.74) is 1.29. The molecule has 0 heterocycles. The number of urea groups is 1. The smallest absolute Gasteiger partial charge is 0.323 e. The van der Waals surface area contributed by atoms with Gasteiger partial charge in [-0.25, -0.2) is 4.79 Å². The van der Waals surface area contributed by atoms with E-state index in [0.29, 0.717) is 22.1 Å². The summed E-state index contributed by atoms with van der Waals surface area (Å²) in [7, 11) is 1.57. The van der Waals surface area contributed by atoms with E-state index in [1.807, 2.05) is 0 Å². The standard InChI is InChI=1S/C14H12BrClN2O2/c1-20-11-4-2-3-9(7-11)17-14(19)18-10-5-6-13(16)12(15)8-10/h2-8H,1H3,(H2,17,18,19). The molecule has 104 valence electrons. The van der Waals surface area contributed by atoms with Gasteiger partial charge in [-0.2, -0.15) is 0 Å². The number of benzene rings is 2. The van der Waals surface area contributed by atoms with Crippen molar-refractivity contribution in [3.8, 4) is 5.75 Å². The average Bonchev–Trinajstić information content (AvgIpc) is 2.43. The van der Waals surface area contributed by atoms with Crippen LogP contribution < -0.4 is 15.4 Å². The van der Waals surface area contributed by atoms with Crippen molar-refractivity contribution in [2.75, 3.05) is 17.7 Å². The van der Waals surface area contributed by atoms with Gasteiger partial charge in [-0.1, -0.05) is 17.7 Å². The number of rotatable bonds is 3. The van der Waals surface area contributed by atoms with Crippen LogP contribution in [0.4, 0.5) is 16.2 Å². The predicted molar refractivity (Wildman–Crippen MR) is 84.8 cm³/mol. The molecular formula is C14H12BrClN2O2. The third-order valence-corrected chi connectivity index (χ3v) is 3.72. The molecule has 2 rings (SSSR count). The summed E-state index contributed by atoms with van der Waals surface area (Å²) in [6.07, 6.45) is 0. The predicted octanol–water partition coefficient (Wildman–Crippen LogP) is 4.76. The van der Waals surface area contributed by atoms with E-state index in [1.165, 1.54) is 0 Å². The summed E-state index contributed by atoms with van der Waals surface area (Å²) in [4.78, 5) is 11.9. The number of carbonyl (C=O) groups excluding carboxylic acids is 1. The fraction of sp³-hybridized carbons (Fsp3) is 0.0714. The number of hydrogen-bond donors (Lipinski definition) is 2. The zero-order chi connectivity index (χ0) is 14.5. The van der Waals surface area contributed by atoms with Gasteiger partial charge in [-0.15, -0.1) is 0 Å². The van der Waals surface area contributed by atoms with Gasteiger partial charge in [0.15, 0.2) is 0 Å². The van der Waals surface area contributed by atoms with Crippen LogP contribution in [0.1, 0.15) is 0 Å². The maximum Gasteiger partial charge on any atom is 0.323 e. The number of anilines is 2. The minimum absolute atomic E-state index is 0.340. The van der Waals surface area contributed by atoms with Crippen molar-refractivity contribution in [3.63, 3.8) is 0 Å². The Morgan fingerprint density at radius 3 is 2.50 bits per heavy atom. The van der Waals surface area contributed by atoms with Crippen molar-refractivity contribution in [1.82, 2.24) is 0 Å².